The van der Waals surface area contributed by atoms with Crippen LogP contribution in [-0.4, -0.2) is 23.9 Å². The Morgan fingerprint density at radius 2 is 2.07 bits per heavy atom. The van der Waals surface area contributed by atoms with Crippen molar-refractivity contribution in [3.8, 4) is 0 Å². The smallest absolute Gasteiger partial charge is 0.0971 e. The molecule has 1 aliphatic rings. The van der Waals surface area contributed by atoms with E-state index in [1.807, 2.05) is 11.8 Å². The van der Waals surface area contributed by atoms with Crippen molar-refractivity contribution in [2.75, 3.05) is 12.0 Å². The van der Waals surface area contributed by atoms with Crippen molar-refractivity contribution < 1.29 is 0 Å². The molecule has 1 atom stereocenters. The molecule has 0 amide bonds. The van der Waals surface area contributed by atoms with E-state index in [2.05, 4.69) is 18.2 Å². The summed E-state index contributed by atoms with van der Waals surface area (Å²) in [5.74, 6) is 2.68. The van der Waals surface area contributed by atoms with Crippen molar-refractivity contribution in [3.63, 3.8) is 0 Å². The van der Waals surface area contributed by atoms with E-state index in [0.29, 0.717) is 12.0 Å². The zero-order valence-electron chi connectivity index (χ0n) is 10.0. The van der Waals surface area contributed by atoms with Crippen LogP contribution in [0.25, 0.3) is 0 Å². The standard InChI is InChI=1S/C12H24N2S/c1-10(8-9-15-2)14-12(13)11-6-4-3-5-7-11/h10-11H,3-9H2,1-2H3,(H2,13,14). The van der Waals surface area contributed by atoms with Crippen LogP contribution >= 0.6 is 11.8 Å². The van der Waals surface area contributed by atoms with Crippen LogP contribution in [0.5, 0.6) is 0 Å². The average Bonchev–Trinajstić information content (AvgIpc) is 2.27. The predicted molar refractivity (Wildman–Crippen MR) is 70.7 cm³/mol. The first-order chi connectivity index (χ1) is 7.24. The van der Waals surface area contributed by atoms with Gasteiger partial charge in [0.25, 0.3) is 0 Å². The zero-order chi connectivity index (χ0) is 11.1. The number of hydrogen-bond acceptors (Lipinski definition) is 2. The fourth-order valence-electron chi connectivity index (χ4n) is 2.11. The average molecular weight is 228 g/mol. The number of aliphatic imine (C=N–C) groups is 1. The van der Waals surface area contributed by atoms with Crippen LogP contribution < -0.4 is 5.73 Å². The minimum atomic E-state index is 0.402. The summed E-state index contributed by atoms with van der Waals surface area (Å²) in [7, 11) is 0. The van der Waals surface area contributed by atoms with Gasteiger partial charge in [-0.15, -0.1) is 0 Å². The third-order valence-electron chi connectivity index (χ3n) is 3.13. The first-order valence-corrected chi connectivity index (χ1v) is 7.45. The Bertz CT molecular complexity index is 198. The largest absolute Gasteiger partial charge is 0.387 e. The van der Waals surface area contributed by atoms with E-state index in [1.54, 1.807) is 0 Å². The maximum Gasteiger partial charge on any atom is 0.0971 e. The molecule has 0 aromatic rings. The highest BCUT2D eigenvalue weighted by Crippen LogP contribution is 2.24. The molecule has 1 saturated carbocycles. The molecule has 0 aromatic heterocycles. The van der Waals surface area contributed by atoms with E-state index < -0.39 is 0 Å². The molecule has 0 heterocycles. The molecule has 3 heteroatoms. The summed E-state index contributed by atoms with van der Waals surface area (Å²) in [6.45, 7) is 2.17. The van der Waals surface area contributed by atoms with Gasteiger partial charge in [0, 0.05) is 12.0 Å². The van der Waals surface area contributed by atoms with Gasteiger partial charge in [0.15, 0.2) is 0 Å². The molecule has 0 aromatic carbocycles. The molecule has 1 aliphatic carbocycles. The van der Waals surface area contributed by atoms with Crippen LogP contribution in [0.1, 0.15) is 45.4 Å². The third-order valence-corrected chi connectivity index (χ3v) is 3.78. The van der Waals surface area contributed by atoms with Crippen LogP contribution in [0.4, 0.5) is 0 Å². The molecular weight excluding hydrogens is 204 g/mol. The molecular formula is C12H24N2S. The molecule has 15 heavy (non-hydrogen) atoms. The Morgan fingerprint density at radius 1 is 1.40 bits per heavy atom. The van der Waals surface area contributed by atoms with E-state index in [0.717, 1.165) is 12.3 Å². The summed E-state index contributed by atoms with van der Waals surface area (Å²) in [4.78, 5) is 4.62. The number of nitrogens with two attached hydrogens (primary N) is 1. The van der Waals surface area contributed by atoms with Crippen molar-refractivity contribution in [2.45, 2.75) is 51.5 Å². The monoisotopic (exact) mass is 228 g/mol. The Kier molecular flexibility index (Phi) is 6.15. The fraction of sp³-hybridized carbons (Fsp3) is 0.917. The Labute approximate surface area is 98.1 Å². The minimum absolute atomic E-state index is 0.402. The quantitative estimate of drug-likeness (QED) is 0.580. The maximum absolute atomic E-state index is 6.06. The van der Waals surface area contributed by atoms with Gasteiger partial charge < -0.3 is 5.73 Å². The lowest BCUT2D eigenvalue weighted by molar-refractivity contribution is 0.435. The summed E-state index contributed by atoms with van der Waals surface area (Å²) in [6.07, 6.45) is 9.84. The second-order valence-electron chi connectivity index (χ2n) is 4.52. The van der Waals surface area contributed by atoms with Crippen LogP contribution in [0.3, 0.4) is 0 Å². The highest BCUT2D eigenvalue weighted by atomic mass is 32.2. The molecule has 88 valence electrons. The third kappa shape index (κ3) is 4.92. The Hall–Kier alpha value is -0.180. The molecule has 2 N–H and O–H groups in total. The molecule has 1 unspecified atom stereocenters. The lowest BCUT2D eigenvalue weighted by Gasteiger charge is -2.21. The Balaban J connectivity index is 2.35. The maximum atomic E-state index is 6.06. The van der Waals surface area contributed by atoms with Gasteiger partial charge in [-0.3, -0.25) is 4.99 Å². The second-order valence-corrected chi connectivity index (χ2v) is 5.50. The second kappa shape index (κ2) is 7.15. The summed E-state index contributed by atoms with van der Waals surface area (Å²) < 4.78 is 0. The highest BCUT2D eigenvalue weighted by Gasteiger charge is 2.17. The SMILES string of the molecule is CSCCC(C)N=C(N)C1CCCCC1. The van der Waals surface area contributed by atoms with Gasteiger partial charge in [-0.05, 0) is 38.2 Å². The first kappa shape index (κ1) is 12.9. The molecule has 0 aliphatic heterocycles. The van der Waals surface area contributed by atoms with Gasteiger partial charge in [-0.25, -0.2) is 0 Å². The molecule has 0 radical (unpaired) electrons. The molecule has 0 saturated heterocycles. The number of amidine groups is 1. The van der Waals surface area contributed by atoms with Gasteiger partial charge in [0.2, 0.25) is 0 Å². The predicted octanol–water partition coefficient (Wildman–Crippen LogP) is 3.07. The topological polar surface area (TPSA) is 38.4 Å². The zero-order valence-corrected chi connectivity index (χ0v) is 10.9. The molecule has 0 bridgehead atoms. The van der Waals surface area contributed by atoms with Gasteiger partial charge in [0.1, 0.15) is 0 Å². The van der Waals surface area contributed by atoms with Crippen molar-refractivity contribution in [1.82, 2.24) is 0 Å². The van der Waals surface area contributed by atoms with E-state index in [1.165, 1.54) is 37.9 Å². The van der Waals surface area contributed by atoms with Crippen LogP contribution in [0, 0.1) is 5.92 Å². The van der Waals surface area contributed by atoms with Crippen molar-refractivity contribution in [3.05, 3.63) is 0 Å². The van der Waals surface area contributed by atoms with Crippen LogP contribution in [-0.2, 0) is 0 Å². The Morgan fingerprint density at radius 3 is 2.67 bits per heavy atom. The van der Waals surface area contributed by atoms with Crippen molar-refractivity contribution >= 4 is 17.6 Å². The van der Waals surface area contributed by atoms with Gasteiger partial charge in [-0.1, -0.05) is 19.3 Å². The van der Waals surface area contributed by atoms with E-state index in [4.69, 9.17) is 5.73 Å². The first-order valence-electron chi connectivity index (χ1n) is 6.06. The number of rotatable bonds is 5. The minimum Gasteiger partial charge on any atom is -0.387 e. The van der Waals surface area contributed by atoms with E-state index in [-0.39, 0.29) is 0 Å². The number of nitrogens with zero attached hydrogens (tertiary/aromatic N) is 1. The lowest BCUT2D eigenvalue weighted by atomic mass is 9.88. The molecule has 2 nitrogen and oxygen atoms in total. The highest BCUT2D eigenvalue weighted by molar-refractivity contribution is 7.98. The van der Waals surface area contributed by atoms with Crippen LogP contribution in [0.2, 0.25) is 0 Å². The summed E-state index contributed by atoms with van der Waals surface area (Å²) in [5, 5.41) is 0. The van der Waals surface area contributed by atoms with Gasteiger partial charge >= 0.3 is 0 Å². The van der Waals surface area contributed by atoms with E-state index >= 15 is 0 Å². The molecule has 1 fully saturated rings. The summed E-state index contributed by atoms with van der Waals surface area (Å²) in [6, 6.07) is 0.402. The van der Waals surface area contributed by atoms with Crippen molar-refractivity contribution in [1.29, 1.82) is 0 Å². The van der Waals surface area contributed by atoms with Gasteiger partial charge in [0.05, 0.1) is 5.84 Å². The molecule has 0 spiro atoms. The van der Waals surface area contributed by atoms with Crippen LogP contribution in [0.15, 0.2) is 4.99 Å². The summed E-state index contributed by atoms with van der Waals surface area (Å²) in [5.41, 5.74) is 6.06. The molecule has 1 rings (SSSR count). The fourth-order valence-corrected chi connectivity index (χ4v) is 2.69. The van der Waals surface area contributed by atoms with Crippen molar-refractivity contribution in [2.24, 2.45) is 16.6 Å². The van der Waals surface area contributed by atoms with Gasteiger partial charge in [-0.2, -0.15) is 11.8 Å². The number of thioether (sulfide) groups is 1. The normalized spacial score (nSPS) is 21.6. The number of hydrogen-bond donors (Lipinski definition) is 1. The van der Waals surface area contributed by atoms with E-state index in [9.17, 15) is 0 Å². The lowest BCUT2D eigenvalue weighted by Crippen LogP contribution is -2.27. The summed E-state index contributed by atoms with van der Waals surface area (Å²) >= 11 is 1.88.